The van der Waals surface area contributed by atoms with Gasteiger partial charge in [-0.2, -0.15) is 4.31 Å². The molecule has 0 aliphatic carbocycles. The Hall–Kier alpha value is -1.64. The smallest absolute Gasteiger partial charge is 0.255 e. The molecule has 0 radical (unpaired) electrons. The number of morpholine rings is 1. The van der Waals surface area contributed by atoms with Crippen LogP contribution in [0.5, 0.6) is 0 Å². The second-order valence-corrected chi connectivity index (χ2v) is 8.38. The van der Waals surface area contributed by atoms with Crippen LogP contribution in [0.1, 0.15) is 10.4 Å². The van der Waals surface area contributed by atoms with Gasteiger partial charge in [0.2, 0.25) is 10.0 Å². The molecule has 0 unspecified atom stereocenters. The normalized spacial score (nSPS) is 15.6. The van der Waals surface area contributed by atoms with E-state index >= 15 is 0 Å². The average molecular weight is 415 g/mol. The van der Waals surface area contributed by atoms with Gasteiger partial charge in [-0.05, 0) is 42.5 Å². The standard InChI is InChI=1S/C17H16Cl2N2O4S/c18-15-6-1-12(11-16(15)19)17(22)20-13-2-4-14(5-3-13)26(23,24)21-7-9-25-10-8-21/h1-6,11H,7-10H2,(H,20,22). The molecule has 6 nitrogen and oxygen atoms in total. The molecular formula is C17H16Cl2N2O4S. The third-order valence-corrected chi connectivity index (χ3v) is 6.55. The minimum absolute atomic E-state index is 0.173. The van der Waals surface area contributed by atoms with Gasteiger partial charge in [-0.3, -0.25) is 4.79 Å². The molecule has 2 aromatic carbocycles. The van der Waals surface area contributed by atoms with Gasteiger partial charge in [-0.1, -0.05) is 23.2 Å². The van der Waals surface area contributed by atoms with E-state index in [4.69, 9.17) is 27.9 Å². The van der Waals surface area contributed by atoms with Crippen molar-refractivity contribution in [2.45, 2.75) is 4.90 Å². The molecule has 0 spiro atoms. The Bertz CT molecular complexity index is 911. The van der Waals surface area contributed by atoms with Gasteiger partial charge < -0.3 is 10.1 Å². The highest BCUT2D eigenvalue weighted by Gasteiger charge is 2.26. The lowest BCUT2D eigenvalue weighted by atomic mass is 10.2. The zero-order valence-corrected chi connectivity index (χ0v) is 15.9. The predicted molar refractivity (Wildman–Crippen MR) is 100 cm³/mol. The third kappa shape index (κ3) is 4.19. The summed E-state index contributed by atoms with van der Waals surface area (Å²) in [5.74, 6) is -0.368. The van der Waals surface area contributed by atoms with Crippen LogP contribution in [0.15, 0.2) is 47.4 Å². The van der Waals surface area contributed by atoms with Crippen molar-refractivity contribution in [1.82, 2.24) is 4.31 Å². The molecule has 0 atom stereocenters. The van der Waals surface area contributed by atoms with Gasteiger partial charge in [0, 0.05) is 24.3 Å². The average Bonchev–Trinajstić information content (AvgIpc) is 2.65. The summed E-state index contributed by atoms with van der Waals surface area (Å²) in [7, 11) is -3.56. The van der Waals surface area contributed by atoms with Gasteiger partial charge in [-0.25, -0.2) is 8.42 Å². The molecular weight excluding hydrogens is 399 g/mol. The molecule has 1 fully saturated rings. The van der Waals surface area contributed by atoms with Crippen LogP contribution in [-0.4, -0.2) is 44.9 Å². The van der Waals surface area contributed by atoms with Crippen LogP contribution in [0, 0.1) is 0 Å². The number of hydrogen-bond acceptors (Lipinski definition) is 4. The molecule has 1 aliphatic rings. The third-order valence-electron chi connectivity index (χ3n) is 3.90. The van der Waals surface area contributed by atoms with Crippen LogP contribution in [0.25, 0.3) is 0 Å². The fraction of sp³-hybridized carbons (Fsp3) is 0.235. The van der Waals surface area contributed by atoms with Gasteiger partial charge in [0.05, 0.1) is 28.2 Å². The summed E-state index contributed by atoms with van der Waals surface area (Å²) < 4.78 is 31.7. The van der Waals surface area contributed by atoms with Crippen LogP contribution >= 0.6 is 23.2 Å². The van der Waals surface area contributed by atoms with Gasteiger partial charge in [0.1, 0.15) is 0 Å². The number of carbonyl (C=O) groups excluding carboxylic acids is 1. The highest BCUT2D eigenvalue weighted by Crippen LogP contribution is 2.24. The molecule has 2 aromatic rings. The number of hydrogen-bond donors (Lipinski definition) is 1. The molecule has 9 heteroatoms. The van der Waals surface area contributed by atoms with E-state index < -0.39 is 10.0 Å². The minimum atomic E-state index is -3.56. The molecule has 0 bridgehead atoms. The molecule has 138 valence electrons. The lowest BCUT2D eigenvalue weighted by Gasteiger charge is -2.26. The van der Waals surface area contributed by atoms with Crippen LogP contribution in [-0.2, 0) is 14.8 Å². The second-order valence-electron chi connectivity index (χ2n) is 5.62. The molecule has 1 amide bonds. The second kappa shape index (κ2) is 7.94. The Morgan fingerprint density at radius 1 is 1.00 bits per heavy atom. The summed E-state index contributed by atoms with van der Waals surface area (Å²) in [6, 6.07) is 10.6. The fourth-order valence-corrected chi connectivity index (χ4v) is 4.19. The van der Waals surface area contributed by atoms with Gasteiger partial charge >= 0.3 is 0 Å². The maximum Gasteiger partial charge on any atom is 0.255 e. The molecule has 0 aromatic heterocycles. The van der Waals surface area contributed by atoms with Crippen LogP contribution in [0.2, 0.25) is 10.0 Å². The van der Waals surface area contributed by atoms with E-state index in [1.807, 2.05) is 0 Å². The Morgan fingerprint density at radius 2 is 1.65 bits per heavy atom. The topological polar surface area (TPSA) is 75.7 Å². The zero-order chi connectivity index (χ0) is 18.7. The number of amides is 1. The van der Waals surface area contributed by atoms with E-state index in [9.17, 15) is 13.2 Å². The van der Waals surface area contributed by atoms with Crippen molar-refractivity contribution < 1.29 is 17.9 Å². The first-order valence-corrected chi connectivity index (χ1v) is 10.0. The monoisotopic (exact) mass is 414 g/mol. The number of benzene rings is 2. The highest BCUT2D eigenvalue weighted by molar-refractivity contribution is 7.89. The lowest BCUT2D eigenvalue weighted by Crippen LogP contribution is -2.40. The highest BCUT2D eigenvalue weighted by atomic mass is 35.5. The SMILES string of the molecule is O=C(Nc1ccc(S(=O)(=O)N2CCOCC2)cc1)c1ccc(Cl)c(Cl)c1. The van der Waals surface area contributed by atoms with E-state index in [1.54, 1.807) is 18.2 Å². The summed E-state index contributed by atoms with van der Waals surface area (Å²) in [4.78, 5) is 12.4. The quantitative estimate of drug-likeness (QED) is 0.832. The minimum Gasteiger partial charge on any atom is -0.379 e. The van der Waals surface area contributed by atoms with Gasteiger partial charge in [0.25, 0.3) is 5.91 Å². The Morgan fingerprint density at radius 3 is 2.27 bits per heavy atom. The molecule has 1 heterocycles. The largest absolute Gasteiger partial charge is 0.379 e. The molecule has 3 rings (SSSR count). The number of nitrogens with zero attached hydrogens (tertiary/aromatic N) is 1. The van der Waals surface area contributed by atoms with E-state index in [2.05, 4.69) is 5.32 Å². The Labute approximate surface area is 161 Å². The molecule has 1 saturated heterocycles. The van der Waals surface area contributed by atoms with Crippen molar-refractivity contribution in [2.75, 3.05) is 31.6 Å². The Balaban J connectivity index is 1.73. The lowest BCUT2D eigenvalue weighted by molar-refractivity contribution is 0.0730. The Kier molecular flexibility index (Phi) is 5.84. The number of sulfonamides is 1. The first-order valence-electron chi connectivity index (χ1n) is 7.82. The predicted octanol–water partition coefficient (Wildman–Crippen LogP) is 3.27. The molecule has 0 saturated carbocycles. The first kappa shape index (κ1) is 19.1. The van der Waals surface area contributed by atoms with Crippen molar-refractivity contribution in [1.29, 1.82) is 0 Å². The summed E-state index contributed by atoms with van der Waals surface area (Å²) >= 11 is 11.8. The number of halogens is 2. The van der Waals surface area contributed by atoms with Crippen LogP contribution in [0.3, 0.4) is 0 Å². The van der Waals surface area contributed by atoms with Crippen LogP contribution < -0.4 is 5.32 Å². The van der Waals surface area contributed by atoms with E-state index in [0.717, 1.165) is 0 Å². The zero-order valence-electron chi connectivity index (χ0n) is 13.6. The summed E-state index contributed by atoms with van der Waals surface area (Å²) in [6.45, 7) is 1.43. The van der Waals surface area contributed by atoms with Crippen molar-refractivity contribution in [2.24, 2.45) is 0 Å². The van der Waals surface area contributed by atoms with Crippen LogP contribution in [0.4, 0.5) is 5.69 Å². The van der Waals surface area contributed by atoms with Gasteiger partial charge in [-0.15, -0.1) is 0 Å². The van der Waals surface area contributed by atoms with E-state index in [1.165, 1.54) is 28.6 Å². The summed E-state index contributed by atoms with van der Waals surface area (Å²) in [6.07, 6.45) is 0. The van der Waals surface area contributed by atoms with Crippen molar-refractivity contribution in [3.8, 4) is 0 Å². The fourth-order valence-electron chi connectivity index (χ4n) is 2.49. The number of anilines is 1. The maximum absolute atomic E-state index is 12.6. The van der Waals surface area contributed by atoms with E-state index in [-0.39, 0.29) is 15.8 Å². The summed E-state index contributed by atoms with van der Waals surface area (Å²) in [5, 5.41) is 3.34. The first-order chi connectivity index (χ1) is 12.4. The number of nitrogens with one attached hydrogen (secondary N) is 1. The maximum atomic E-state index is 12.6. The number of ether oxygens (including phenoxy) is 1. The van der Waals surface area contributed by atoms with Crippen molar-refractivity contribution >= 4 is 44.8 Å². The van der Waals surface area contributed by atoms with Crippen molar-refractivity contribution in [3.05, 3.63) is 58.1 Å². The number of carbonyl (C=O) groups is 1. The van der Waals surface area contributed by atoms with Gasteiger partial charge in [0.15, 0.2) is 0 Å². The summed E-state index contributed by atoms with van der Waals surface area (Å²) in [5.41, 5.74) is 0.825. The molecule has 1 aliphatic heterocycles. The van der Waals surface area contributed by atoms with E-state index in [0.29, 0.717) is 42.6 Å². The molecule has 1 N–H and O–H groups in total. The molecule has 26 heavy (non-hydrogen) atoms. The number of rotatable bonds is 4. The van der Waals surface area contributed by atoms with Crippen molar-refractivity contribution in [3.63, 3.8) is 0 Å².